The maximum Gasteiger partial charge on any atom is 0.187 e. The van der Waals surface area contributed by atoms with Crippen LogP contribution in [-0.4, -0.2) is 40.8 Å². The Morgan fingerprint density at radius 2 is 2.17 bits per heavy atom. The lowest BCUT2D eigenvalue weighted by Gasteiger charge is -2.25. The Kier molecular flexibility index (Phi) is 3.56. The van der Waals surface area contributed by atoms with Crippen LogP contribution in [0.5, 0.6) is 0 Å². The van der Waals surface area contributed by atoms with Crippen molar-refractivity contribution in [2.45, 2.75) is 0 Å². The standard InChI is InChI=1S/C10H10BrClN4OS/c11-8-9(12)16(6-13-8)7-5-18-10(14-7)15-1-3-17-4-2-15/h5-6H,1-4H2. The molecule has 2 aromatic rings. The normalized spacial score (nSPS) is 16.2. The minimum absolute atomic E-state index is 0.536. The highest BCUT2D eigenvalue weighted by Crippen LogP contribution is 2.28. The van der Waals surface area contributed by atoms with Gasteiger partial charge in [-0.2, -0.15) is 0 Å². The summed E-state index contributed by atoms with van der Waals surface area (Å²) in [6.45, 7) is 3.28. The van der Waals surface area contributed by atoms with E-state index in [1.807, 2.05) is 5.38 Å². The molecule has 0 aromatic carbocycles. The molecule has 0 unspecified atom stereocenters. The number of halogens is 2. The molecule has 2 aromatic heterocycles. The van der Waals surface area contributed by atoms with Crippen molar-refractivity contribution < 1.29 is 4.74 Å². The Morgan fingerprint density at radius 1 is 1.39 bits per heavy atom. The number of aromatic nitrogens is 3. The lowest BCUT2D eigenvalue weighted by Crippen LogP contribution is -2.36. The molecule has 1 aliphatic rings. The van der Waals surface area contributed by atoms with E-state index < -0.39 is 0 Å². The molecule has 1 saturated heterocycles. The maximum absolute atomic E-state index is 6.12. The number of rotatable bonds is 2. The average molecular weight is 350 g/mol. The minimum Gasteiger partial charge on any atom is -0.378 e. The van der Waals surface area contributed by atoms with Gasteiger partial charge in [-0.3, -0.25) is 4.57 Å². The molecule has 0 bridgehead atoms. The molecule has 96 valence electrons. The molecule has 0 saturated carbocycles. The quantitative estimate of drug-likeness (QED) is 0.836. The van der Waals surface area contributed by atoms with Crippen LogP contribution in [0.1, 0.15) is 0 Å². The van der Waals surface area contributed by atoms with Crippen molar-refractivity contribution in [3.8, 4) is 5.82 Å². The number of morpholine rings is 1. The van der Waals surface area contributed by atoms with E-state index in [0.29, 0.717) is 9.76 Å². The zero-order chi connectivity index (χ0) is 12.5. The summed E-state index contributed by atoms with van der Waals surface area (Å²) >= 11 is 11.0. The van der Waals surface area contributed by atoms with Crippen LogP contribution in [0, 0.1) is 0 Å². The highest BCUT2D eigenvalue weighted by atomic mass is 79.9. The Balaban J connectivity index is 1.87. The van der Waals surface area contributed by atoms with Gasteiger partial charge in [0.15, 0.2) is 10.9 Å². The molecule has 3 rings (SSSR count). The van der Waals surface area contributed by atoms with Crippen LogP contribution in [0.2, 0.25) is 5.15 Å². The third-order valence-corrected chi connectivity index (χ3v) is 4.74. The van der Waals surface area contributed by atoms with Crippen molar-refractivity contribution in [3.05, 3.63) is 21.5 Å². The van der Waals surface area contributed by atoms with Gasteiger partial charge in [-0.05, 0) is 15.9 Å². The second kappa shape index (κ2) is 5.16. The number of ether oxygens (including phenoxy) is 1. The molecule has 1 fully saturated rings. The molecule has 0 spiro atoms. The first kappa shape index (κ1) is 12.4. The molecule has 0 N–H and O–H groups in total. The second-order valence-electron chi connectivity index (χ2n) is 3.78. The van der Waals surface area contributed by atoms with E-state index in [0.717, 1.165) is 37.3 Å². The third-order valence-electron chi connectivity index (χ3n) is 2.68. The first-order valence-electron chi connectivity index (χ1n) is 5.42. The van der Waals surface area contributed by atoms with E-state index in [-0.39, 0.29) is 0 Å². The first-order chi connectivity index (χ1) is 8.75. The molecule has 5 nitrogen and oxygen atoms in total. The zero-order valence-electron chi connectivity index (χ0n) is 9.34. The van der Waals surface area contributed by atoms with Crippen molar-refractivity contribution in [1.29, 1.82) is 0 Å². The second-order valence-corrected chi connectivity index (χ2v) is 5.73. The highest BCUT2D eigenvalue weighted by molar-refractivity contribution is 9.10. The summed E-state index contributed by atoms with van der Waals surface area (Å²) in [7, 11) is 0. The lowest BCUT2D eigenvalue weighted by atomic mass is 10.5. The van der Waals surface area contributed by atoms with Crippen LogP contribution in [0.3, 0.4) is 0 Å². The third kappa shape index (κ3) is 2.27. The van der Waals surface area contributed by atoms with Crippen molar-refractivity contribution in [2.24, 2.45) is 0 Å². The van der Waals surface area contributed by atoms with Gasteiger partial charge in [-0.25, -0.2) is 9.97 Å². The fourth-order valence-corrected chi connectivity index (χ4v) is 3.05. The van der Waals surface area contributed by atoms with Crippen molar-refractivity contribution in [2.75, 3.05) is 31.2 Å². The first-order valence-corrected chi connectivity index (χ1v) is 7.47. The van der Waals surface area contributed by atoms with Gasteiger partial charge in [-0.1, -0.05) is 11.6 Å². The van der Waals surface area contributed by atoms with E-state index in [1.54, 1.807) is 22.2 Å². The Hall–Kier alpha value is -0.630. The fraction of sp³-hybridized carbons (Fsp3) is 0.400. The van der Waals surface area contributed by atoms with Gasteiger partial charge < -0.3 is 9.64 Å². The number of nitrogens with zero attached hydrogens (tertiary/aromatic N) is 4. The molecule has 0 amide bonds. The molecule has 0 aliphatic carbocycles. The predicted octanol–water partition coefficient (Wildman–Crippen LogP) is 2.58. The summed E-state index contributed by atoms with van der Waals surface area (Å²) in [4.78, 5) is 10.9. The Morgan fingerprint density at radius 3 is 2.83 bits per heavy atom. The number of thiazole rings is 1. The van der Waals surface area contributed by atoms with Gasteiger partial charge in [-0.15, -0.1) is 11.3 Å². The Labute approximate surface area is 121 Å². The van der Waals surface area contributed by atoms with Gasteiger partial charge in [0.05, 0.1) is 13.2 Å². The van der Waals surface area contributed by atoms with Crippen LogP contribution in [-0.2, 0) is 4.74 Å². The number of hydrogen-bond donors (Lipinski definition) is 0. The van der Waals surface area contributed by atoms with E-state index in [2.05, 4.69) is 30.8 Å². The summed E-state index contributed by atoms with van der Waals surface area (Å²) in [5, 5.41) is 3.51. The van der Waals surface area contributed by atoms with Gasteiger partial charge in [0, 0.05) is 18.5 Å². The molecular weight excluding hydrogens is 340 g/mol. The summed E-state index contributed by atoms with van der Waals surface area (Å²) in [5.74, 6) is 0.796. The molecule has 0 radical (unpaired) electrons. The number of anilines is 1. The average Bonchev–Trinajstić information content (AvgIpc) is 3.00. The van der Waals surface area contributed by atoms with Crippen molar-refractivity contribution in [1.82, 2.24) is 14.5 Å². The van der Waals surface area contributed by atoms with Crippen LogP contribution in [0.25, 0.3) is 5.82 Å². The van der Waals surface area contributed by atoms with Gasteiger partial charge in [0.25, 0.3) is 0 Å². The van der Waals surface area contributed by atoms with Crippen LogP contribution in [0.15, 0.2) is 16.3 Å². The maximum atomic E-state index is 6.12. The number of imidazole rings is 1. The van der Waals surface area contributed by atoms with E-state index in [1.165, 1.54) is 0 Å². The van der Waals surface area contributed by atoms with Crippen LogP contribution >= 0.6 is 38.9 Å². The van der Waals surface area contributed by atoms with Gasteiger partial charge in [0.1, 0.15) is 16.1 Å². The number of hydrogen-bond acceptors (Lipinski definition) is 5. The molecule has 1 aliphatic heterocycles. The van der Waals surface area contributed by atoms with Gasteiger partial charge >= 0.3 is 0 Å². The smallest absolute Gasteiger partial charge is 0.187 e. The van der Waals surface area contributed by atoms with Crippen LogP contribution < -0.4 is 4.90 Å². The molecule has 8 heteroatoms. The fourth-order valence-electron chi connectivity index (χ4n) is 1.74. The summed E-state index contributed by atoms with van der Waals surface area (Å²) in [6, 6.07) is 0. The zero-order valence-corrected chi connectivity index (χ0v) is 12.5. The van der Waals surface area contributed by atoms with Crippen molar-refractivity contribution in [3.63, 3.8) is 0 Å². The van der Waals surface area contributed by atoms with Crippen molar-refractivity contribution >= 4 is 44.0 Å². The summed E-state index contributed by atoms with van der Waals surface area (Å²) in [5.41, 5.74) is 0. The lowest BCUT2D eigenvalue weighted by molar-refractivity contribution is 0.122. The van der Waals surface area contributed by atoms with Crippen LogP contribution in [0.4, 0.5) is 5.13 Å². The van der Waals surface area contributed by atoms with E-state index >= 15 is 0 Å². The summed E-state index contributed by atoms with van der Waals surface area (Å²) < 4.78 is 7.71. The predicted molar refractivity (Wildman–Crippen MR) is 75.0 cm³/mol. The topological polar surface area (TPSA) is 43.2 Å². The molecule has 3 heterocycles. The summed E-state index contributed by atoms with van der Waals surface area (Å²) in [6.07, 6.45) is 1.66. The Bertz CT molecular complexity index is 552. The monoisotopic (exact) mass is 348 g/mol. The van der Waals surface area contributed by atoms with Gasteiger partial charge in [0.2, 0.25) is 0 Å². The van der Waals surface area contributed by atoms with E-state index in [9.17, 15) is 0 Å². The minimum atomic E-state index is 0.536. The SMILES string of the molecule is Clc1c(Br)ncn1-c1csc(N2CCOCC2)n1. The molecule has 0 atom stereocenters. The molecular formula is C10H10BrClN4OS. The molecule has 18 heavy (non-hydrogen) atoms. The largest absolute Gasteiger partial charge is 0.378 e. The van der Waals surface area contributed by atoms with E-state index in [4.69, 9.17) is 16.3 Å². The highest BCUT2D eigenvalue weighted by Gasteiger charge is 2.16.